The van der Waals surface area contributed by atoms with Crippen LogP contribution >= 0.6 is 11.6 Å². The maximum absolute atomic E-state index is 11.3. The van der Waals surface area contributed by atoms with E-state index in [0.717, 1.165) is 5.56 Å². The molecule has 1 aromatic carbocycles. The number of esters is 1. The second kappa shape index (κ2) is 4.21. The van der Waals surface area contributed by atoms with Crippen molar-refractivity contribution in [1.29, 1.82) is 0 Å². The van der Waals surface area contributed by atoms with E-state index in [9.17, 15) is 4.79 Å². The Morgan fingerprint density at radius 3 is 2.73 bits per heavy atom. The van der Waals surface area contributed by atoms with Gasteiger partial charge in [0, 0.05) is 5.02 Å². The summed E-state index contributed by atoms with van der Waals surface area (Å²) < 4.78 is 10.1. The van der Waals surface area contributed by atoms with Crippen LogP contribution in [0, 0.1) is 0 Å². The average Bonchev–Trinajstić information content (AvgIpc) is 2.99. The second-order valence-electron chi connectivity index (χ2n) is 3.28. The number of rotatable bonds is 3. The molecule has 1 heterocycles. The van der Waals surface area contributed by atoms with Crippen LogP contribution in [0.25, 0.3) is 0 Å². The zero-order valence-corrected chi connectivity index (χ0v) is 9.03. The lowest BCUT2D eigenvalue weighted by Crippen LogP contribution is -2.11. The zero-order chi connectivity index (χ0) is 10.8. The molecule has 1 aliphatic heterocycles. The van der Waals surface area contributed by atoms with Crippen LogP contribution in [-0.2, 0) is 14.3 Å². The van der Waals surface area contributed by atoms with Crippen molar-refractivity contribution in [2.24, 2.45) is 0 Å². The highest BCUT2D eigenvalue weighted by Crippen LogP contribution is 2.39. The van der Waals surface area contributed by atoms with Gasteiger partial charge in [0.1, 0.15) is 6.10 Å². The van der Waals surface area contributed by atoms with Gasteiger partial charge in [-0.2, -0.15) is 0 Å². The third-order valence-corrected chi connectivity index (χ3v) is 2.46. The largest absolute Gasteiger partial charge is 0.464 e. The molecule has 1 saturated heterocycles. The van der Waals surface area contributed by atoms with Crippen molar-refractivity contribution in [2.45, 2.75) is 19.1 Å². The minimum Gasteiger partial charge on any atom is -0.464 e. The third kappa shape index (κ3) is 2.30. The number of epoxide rings is 1. The SMILES string of the molecule is CCOC(=O)C1OC1c1ccc(Cl)cc1. The monoisotopic (exact) mass is 226 g/mol. The Morgan fingerprint density at radius 1 is 1.47 bits per heavy atom. The first-order chi connectivity index (χ1) is 7.22. The average molecular weight is 227 g/mol. The van der Waals surface area contributed by atoms with Crippen molar-refractivity contribution in [3.8, 4) is 0 Å². The third-order valence-electron chi connectivity index (χ3n) is 2.21. The summed E-state index contributed by atoms with van der Waals surface area (Å²) in [6.07, 6.45) is -0.604. The summed E-state index contributed by atoms with van der Waals surface area (Å²) in [7, 11) is 0. The second-order valence-corrected chi connectivity index (χ2v) is 3.72. The summed E-state index contributed by atoms with van der Waals surface area (Å²) in [5.74, 6) is -0.294. The lowest BCUT2D eigenvalue weighted by molar-refractivity contribution is -0.144. The maximum atomic E-state index is 11.3. The lowest BCUT2D eigenvalue weighted by atomic mass is 10.1. The number of carbonyl (C=O) groups is 1. The molecule has 0 N–H and O–H groups in total. The molecule has 0 amide bonds. The molecular formula is C11H11ClO3. The molecule has 1 fully saturated rings. The van der Waals surface area contributed by atoms with E-state index in [4.69, 9.17) is 21.1 Å². The number of carbonyl (C=O) groups excluding carboxylic acids is 1. The fourth-order valence-corrected chi connectivity index (χ4v) is 1.55. The molecule has 0 radical (unpaired) electrons. The van der Waals surface area contributed by atoms with Gasteiger partial charge < -0.3 is 9.47 Å². The van der Waals surface area contributed by atoms with Crippen molar-refractivity contribution >= 4 is 17.6 Å². The highest BCUT2D eigenvalue weighted by Gasteiger charge is 2.47. The van der Waals surface area contributed by atoms with E-state index in [0.29, 0.717) is 11.6 Å². The van der Waals surface area contributed by atoms with Crippen molar-refractivity contribution in [3.05, 3.63) is 34.9 Å². The molecule has 80 valence electrons. The van der Waals surface area contributed by atoms with E-state index in [1.54, 1.807) is 19.1 Å². The van der Waals surface area contributed by atoms with Crippen LogP contribution in [0.1, 0.15) is 18.6 Å². The van der Waals surface area contributed by atoms with Gasteiger partial charge in [-0.05, 0) is 24.6 Å². The zero-order valence-electron chi connectivity index (χ0n) is 8.27. The van der Waals surface area contributed by atoms with Crippen molar-refractivity contribution in [1.82, 2.24) is 0 Å². The molecule has 2 atom stereocenters. The summed E-state index contributed by atoms with van der Waals surface area (Å²) in [4.78, 5) is 11.3. The van der Waals surface area contributed by atoms with Gasteiger partial charge in [0.2, 0.25) is 0 Å². The lowest BCUT2D eigenvalue weighted by Gasteiger charge is -1.97. The van der Waals surface area contributed by atoms with Crippen molar-refractivity contribution in [3.63, 3.8) is 0 Å². The molecule has 0 bridgehead atoms. The Labute approximate surface area is 92.9 Å². The van der Waals surface area contributed by atoms with E-state index in [1.165, 1.54) is 0 Å². The predicted molar refractivity (Wildman–Crippen MR) is 55.7 cm³/mol. The summed E-state index contributed by atoms with van der Waals surface area (Å²) in [5, 5.41) is 0.673. The Hall–Kier alpha value is -1.06. The molecule has 2 unspecified atom stereocenters. The van der Waals surface area contributed by atoms with Gasteiger partial charge in [-0.25, -0.2) is 4.79 Å². The Bertz CT molecular complexity index is 361. The van der Waals surface area contributed by atoms with E-state index < -0.39 is 6.10 Å². The van der Waals surface area contributed by atoms with Gasteiger partial charge in [-0.15, -0.1) is 0 Å². The predicted octanol–water partition coefficient (Wildman–Crippen LogP) is 2.34. The first-order valence-corrected chi connectivity index (χ1v) is 5.17. The molecule has 0 aliphatic carbocycles. The highest BCUT2D eigenvalue weighted by atomic mass is 35.5. The minimum absolute atomic E-state index is 0.165. The van der Waals surface area contributed by atoms with Crippen LogP contribution in [0.15, 0.2) is 24.3 Å². The van der Waals surface area contributed by atoms with Crippen molar-refractivity contribution in [2.75, 3.05) is 6.61 Å². The van der Waals surface area contributed by atoms with Crippen LogP contribution < -0.4 is 0 Å². The molecule has 1 aliphatic rings. The van der Waals surface area contributed by atoms with Crippen LogP contribution in [-0.4, -0.2) is 18.7 Å². The molecular weight excluding hydrogens is 216 g/mol. The number of halogens is 1. The number of hydrogen-bond acceptors (Lipinski definition) is 3. The molecule has 4 heteroatoms. The highest BCUT2D eigenvalue weighted by molar-refractivity contribution is 6.30. The number of hydrogen-bond donors (Lipinski definition) is 0. The van der Waals surface area contributed by atoms with Gasteiger partial charge in [-0.3, -0.25) is 0 Å². The first kappa shape index (κ1) is 10.5. The van der Waals surface area contributed by atoms with Crippen molar-refractivity contribution < 1.29 is 14.3 Å². The van der Waals surface area contributed by atoms with E-state index in [-0.39, 0.29) is 12.1 Å². The van der Waals surface area contributed by atoms with Crippen LogP contribution in [0.3, 0.4) is 0 Å². The molecule has 3 nitrogen and oxygen atoms in total. The smallest absolute Gasteiger partial charge is 0.338 e. The summed E-state index contributed by atoms with van der Waals surface area (Å²) in [6.45, 7) is 2.16. The quantitative estimate of drug-likeness (QED) is 0.587. The fourth-order valence-electron chi connectivity index (χ4n) is 1.42. The van der Waals surface area contributed by atoms with Gasteiger partial charge >= 0.3 is 5.97 Å². The van der Waals surface area contributed by atoms with Gasteiger partial charge in [0.25, 0.3) is 0 Å². The van der Waals surface area contributed by atoms with Crippen LogP contribution in [0.2, 0.25) is 5.02 Å². The molecule has 1 aromatic rings. The van der Waals surface area contributed by atoms with Gasteiger partial charge in [0.05, 0.1) is 6.61 Å². The van der Waals surface area contributed by atoms with E-state index >= 15 is 0 Å². The van der Waals surface area contributed by atoms with E-state index in [2.05, 4.69) is 0 Å². The van der Waals surface area contributed by atoms with Crippen LogP contribution in [0.5, 0.6) is 0 Å². The Morgan fingerprint density at radius 2 is 2.13 bits per heavy atom. The summed E-state index contributed by atoms with van der Waals surface area (Å²) in [5.41, 5.74) is 0.956. The van der Waals surface area contributed by atoms with Crippen LogP contribution in [0.4, 0.5) is 0 Å². The van der Waals surface area contributed by atoms with Gasteiger partial charge in [-0.1, -0.05) is 23.7 Å². The van der Waals surface area contributed by atoms with Gasteiger partial charge in [0.15, 0.2) is 6.10 Å². The molecule has 15 heavy (non-hydrogen) atoms. The number of benzene rings is 1. The summed E-state index contributed by atoms with van der Waals surface area (Å²) >= 11 is 5.75. The maximum Gasteiger partial charge on any atom is 0.338 e. The normalized spacial score (nSPS) is 23.6. The molecule has 0 aromatic heterocycles. The Balaban J connectivity index is 1.98. The summed E-state index contributed by atoms with van der Waals surface area (Å²) in [6, 6.07) is 7.26. The van der Waals surface area contributed by atoms with E-state index in [1.807, 2.05) is 12.1 Å². The topological polar surface area (TPSA) is 38.8 Å². The fraction of sp³-hybridized carbons (Fsp3) is 0.364. The molecule has 0 spiro atoms. The standard InChI is InChI=1S/C11H11ClO3/c1-2-14-11(13)10-9(15-10)7-3-5-8(12)6-4-7/h3-6,9-10H,2H2,1H3. The molecule has 2 rings (SSSR count). The minimum atomic E-state index is -0.439. The molecule has 0 saturated carbocycles. The number of ether oxygens (including phenoxy) is 2. The Kier molecular flexibility index (Phi) is 2.93. The first-order valence-electron chi connectivity index (χ1n) is 4.80.